The van der Waals surface area contributed by atoms with Crippen molar-refractivity contribution in [3.05, 3.63) is 70.2 Å². The van der Waals surface area contributed by atoms with Crippen LogP contribution in [0.4, 0.5) is 13.2 Å². The van der Waals surface area contributed by atoms with Crippen molar-refractivity contribution in [1.29, 1.82) is 0 Å². The Morgan fingerprint density at radius 3 is 2.54 bits per heavy atom. The van der Waals surface area contributed by atoms with E-state index < -0.39 is 22.7 Å². The maximum atomic E-state index is 13.1. The van der Waals surface area contributed by atoms with Crippen LogP contribution in [-0.2, 0) is 6.18 Å². The normalized spacial score (nSPS) is 18.8. The maximum absolute atomic E-state index is 13.1. The number of nitrogens with zero attached hydrogens (tertiary/aromatic N) is 1. The molecular weight excluding hydrogens is 389 g/mol. The number of alkyl halides is 3. The molecule has 0 bridgehead atoms. The van der Waals surface area contributed by atoms with Crippen molar-refractivity contribution in [1.82, 2.24) is 10.2 Å². The molecule has 2 aromatic carbocycles. The van der Waals surface area contributed by atoms with Crippen LogP contribution < -0.4 is 5.32 Å². The van der Waals surface area contributed by atoms with Crippen molar-refractivity contribution in [2.75, 3.05) is 13.1 Å². The van der Waals surface area contributed by atoms with E-state index in [-0.39, 0.29) is 11.6 Å². The SMILES string of the molecule is CC1CCCN1C[C@H](NC(=O)c1cccc(C(F)(F)F)c1Cl)c1ccccc1. The van der Waals surface area contributed by atoms with Crippen LogP contribution in [0.2, 0.25) is 5.02 Å². The molecule has 7 heteroatoms. The average Bonchev–Trinajstić information content (AvgIpc) is 3.05. The van der Waals surface area contributed by atoms with Gasteiger partial charge >= 0.3 is 6.18 Å². The summed E-state index contributed by atoms with van der Waals surface area (Å²) in [6, 6.07) is 12.9. The van der Waals surface area contributed by atoms with Gasteiger partial charge in [-0.3, -0.25) is 9.69 Å². The van der Waals surface area contributed by atoms with Crippen molar-refractivity contribution in [2.45, 2.75) is 38.0 Å². The average molecular weight is 411 g/mol. The van der Waals surface area contributed by atoms with Gasteiger partial charge in [-0.2, -0.15) is 13.2 Å². The first kappa shape index (κ1) is 20.7. The first-order chi connectivity index (χ1) is 13.3. The van der Waals surface area contributed by atoms with Crippen molar-refractivity contribution >= 4 is 17.5 Å². The maximum Gasteiger partial charge on any atom is 0.417 e. The zero-order chi connectivity index (χ0) is 20.3. The van der Waals surface area contributed by atoms with Crippen LogP contribution in [0, 0.1) is 0 Å². The van der Waals surface area contributed by atoms with Gasteiger partial charge in [0.25, 0.3) is 5.91 Å². The summed E-state index contributed by atoms with van der Waals surface area (Å²) in [6.45, 7) is 3.67. The van der Waals surface area contributed by atoms with Crippen LogP contribution in [0.1, 0.15) is 47.3 Å². The molecule has 0 saturated carbocycles. The van der Waals surface area contributed by atoms with Crippen molar-refractivity contribution in [2.24, 2.45) is 0 Å². The van der Waals surface area contributed by atoms with Gasteiger partial charge < -0.3 is 5.32 Å². The Balaban J connectivity index is 1.85. The molecule has 1 N–H and O–H groups in total. The van der Waals surface area contributed by atoms with Gasteiger partial charge in [-0.25, -0.2) is 0 Å². The third-order valence-electron chi connectivity index (χ3n) is 5.16. The minimum absolute atomic E-state index is 0.174. The highest BCUT2D eigenvalue weighted by Gasteiger charge is 2.35. The monoisotopic (exact) mass is 410 g/mol. The molecular formula is C21H22ClF3N2O. The fourth-order valence-electron chi connectivity index (χ4n) is 3.58. The van der Waals surface area contributed by atoms with E-state index in [0.717, 1.165) is 31.0 Å². The van der Waals surface area contributed by atoms with E-state index in [1.165, 1.54) is 12.1 Å². The van der Waals surface area contributed by atoms with Crippen LogP contribution in [0.3, 0.4) is 0 Å². The van der Waals surface area contributed by atoms with Crippen molar-refractivity contribution in [3.8, 4) is 0 Å². The minimum atomic E-state index is -4.61. The van der Waals surface area contributed by atoms with E-state index in [1.807, 2.05) is 30.3 Å². The Kier molecular flexibility index (Phi) is 6.30. The second-order valence-corrected chi connectivity index (χ2v) is 7.47. The largest absolute Gasteiger partial charge is 0.417 e. The van der Waals surface area contributed by atoms with Crippen LogP contribution in [0.15, 0.2) is 48.5 Å². The minimum Gasteiger partial charge on any atom is -0.344 e. The molecule has 0 aliphatic carbocycles. The number of rotatable bonds is 5. The summed E-state index contributed by atoms with van der Waals surface area (Å²) in [5, 5.41) is 2.31. The van der Waals surface area contributed by atoms with Gasteiger partial charge in [-0.15, -0.1) is 0 Å². The van der Waals surface area contributed by atoms with Gasteiger partial charge in [0.2, 0.25) is 0 Å². The number of nitrogens with one attached hydrogen (secondary N) is 1. The summed E-state index contributed by atoms with van der Waals surface area (Å²) in [5.41, 5.74) is -0.281. The fourth-order valence-corrected chi connectivity index (χ4v) is 3.90. The molecule has 1 unspecified atom stereocenters. The summed E-state index contributed by atoms with van der Waals surface area (Å²) in [4.78, 5) is 15.1. The molecule has 1 aliphatic rings. The van der Waals surface area contributed by atoms with Crippen LogP contribution in [0.5, 0.6) is 0 Å². The highest BCUT2D eigenvalue weighted by molar-refractivity contribution is 6.34. The number of benzene rings is 2. The highest BCUT2D eigenvalue weighted by atomic mass is 35.5. The third-order valence-corrected chi connectivity index (χ3v) is 5.57. The first-order valence-electron chi connectivity index (χ1n) is 9.23. The lowest BCUT2D eigenvalue weighted by atomic mass is 10.0. The van der Waals surface area contributed by atoms with Gasteiger partial charge in [0.1, 0.15) is 0 Å². The lowest BCUT2D eigenvalue weighted by molar-refractivity contribution is -0.137. The lowest BCUT2D eigenvalue weighted by Gasteiger charge is -2.28. The standard InChI is InChI=1S/C21H22ClF3N2O/c1-14-7-6-12-27(14)13-18(15-8-3-2-4-9-15)26-20(28)16-10-5-11-17(19(16)22)21(23,24)25/h2-5,8-11,14,18H,6-7,12-13H2,1H3,(H,26,28)/t14?,18-/m0/s1. The number of halogens is 4. The van der Waals surface area contributed by atoms with E-state index in [1.54, 1.807) is 0 Å². The highest BCUT2D eigenvalue weighted by Crippen LogP contribution is 2.36. The van der Waals surface area contributed by atoms with Gasteiger partial charge in [0.15, 0.2) is 0 Å². The smallest absolute Gasteiger partial charge is 0.344 e. The summed E-state index contributed by atoms with van der Waals surface area (Å²) in [6.07, 6.45) is -2.43. The van der Waals surface area contributed by atoms with Gasteiger partial charge in [-0.1, -0.05) is 48.0 Å². The van der Waals surface area contributed by atoms with Gasteiger partial charge in [0.05, 0.1) is 22.2 Å². The van der Waals surface area contributed by atoms with Crippen molar-refractivity contribution < 1.29 is 18.0 Å². The molecule has 1 heterocycles. The number of hydrogen-bond donors (Lipinski definition) is 1. The Hall–Kier alpha value is -2.05. The molecule has 0 aromatic heterocycles. The zero-order valence-electron chi connectivity index (χ0n) is 15.5. The van der Waals surface area contributed by atoms with Crippen LogP contribution in [0.25, 0.3) is 0 Å². The number of amides is 1. The molecule has 2 atom stereocenters. The number of likely N-dealkylation sites (tertiary alicyclic amines) is 1. The Morgan fingerprint density at radius 2 is 1.93 bits per heavy atom. The van der Waals surface area contributed by atoms with Gasteiger partial charge in [-0.05, 0) is 44.0 Å². The fraction of sp³-hybridized carbons (Fsp3) is 0.381. The molecule has 28 heavy (non-hydrogen) atoms. The first-order valence-corrected chi connectivity index (χ1v) is 9.60. The van der Waals surface area contributed by atoms with Crippen LogP contribution in [-0.4, -0.2) is 29.9 Å². The van der Waals surface area contributed by atoms with E-state index >= 15 is 0 Å². The Morgan fingerprint density at radius 1 is 1.21 bits per heavy atom. The molecule has 2 aromatic rings. The lowest BCUT2D eigenvalue weighted by Crippen LogP contribution is -2.39. The zero-order valence-corrected chi connectivity index (χ0v) is 16.2. The van der Waals surface area contributed by atoms with E-state index in [9.17, 15) is 18.0 Å². The van der Waals surface area contributed by atoms with Gasteiger partial charge in [0, 0.05) is 12.6 Å². The summed E-state index contributed by atoms with van der Waals surface area (Å²) < 4.78 is 39.3. The second-order valence-electron chi connectivity index (χ2n) is 7.09. The van der Waals surface area contributed by atoms with Crippen molar-refractivity contribution in [3.63, 3.8) is 0 Å². The molecule has 3 rings (SSSR count). The second kappa shape index (κ2) is 8.53. The molecule has 1 fully saturated rings. The van der Waals surface area contributed by atoms with Crippen LogP contribution >= 0.6 is 11.6 Å². The molecule has 150 valence electrons. The molecule has 1 aliphatic heterocycles. The summed E-state index contributed by atoms with van der Waals surface area (Å²) in [5.74, 6) is -0.614. The van der Waals surface area contributed by atoms with E-state index in [2.05, 4.69) is 17.1 Å². The predicted octanol–water partition coefficient (Wildman–Crippen LogP) is 5.31. The Labute approximate surface area is 167 Å². The summed E-state index contributed by atoms with van der Waals surface area (Å²) in [7, 11) is 0. The molecule has 1 saturated heterocycles. The number of hydrogen-bond acceptors (Lipinski definition) is 2. The molecule has 0 spiro atoms. The quantitative estimate of drug-likeness (QED) is 0.724. The van der Waals surface area contributed by atoms with E-state index in [4.69, 9.17) is 11.6 Å². The Bertz CT molecular complexity index is 826. The van der Waals surface area contributed by atoms with E-state index in [0.29, 0.717) is 12.6 Å². The third kappa shape index (κ3) is 4.67. The topological polar surface area (TPSA) is 32.3 Å². The number of carbonyl (C=O) groups is 1. The molecule has 1 amide bonds. The molecule has 0 radical (unpaired) electrons. The summed E-state index contributed by atoms with van der Waals surface area (Å²) >= 11 is 5.92. The number of carbonyl (C=O) groups excluding carboxylic acids is 1. The molecule has 3 nitrogen and oxygen atoms in total. The predicted molar refractivity (Wildman–Crippen MR) is 103 cm³/mol.